The highest BCUT2D eigenvalue weighted by atomic mass is 19.1. The highest BCUT2D eigenvalue weighted by Gasteiger charge is 2.29. The molecule has 1 aromatic heterocycles. The maximum Gasteiger partial charge on any atom is 0.253 e. The summed E-state index contributed by atoms with van der Waals surface area (Å²) in [4.78, 5) is 14.4. The molecule has 1 atom stereocenters. The van der Waals surface area contributed by atoms with E-state index >= 15 is 0 Å². The molecule has 132 valence electrons. The monoisotopic (exact) mass is 351 g/mol. The average Bonchev–Trinajstić information content (AvgIpc) is 3.19. The van der Waals surface area contributed by atoms with Gasteiger partial charge in [0.1, 0.15) is 5.82 Å². The largest absolute Gasteiger partial charge is 0.420 e. The van der Waals surface area contributed by atoms with E-state index in [2.05, 4.69) is 10.2 Å². The van der Waals surface area contributed by atoms with Crippen molar-refractivity contribution in [3.05, 3.63) is 71.9 Å². The summed E-state index contributed by atoms with van der Waals surface area (Å²) >= 11 is 0. The fraction of sp³-hybridized carbons (Fsp3) is 0.250. The van der Waals surface area contributed by atoms with Gasteiger partial charge in [-0.2, -0.15) is 0 Å². The molecule has 0 bridgehead atoms. The van der Waals surface area contributed by atoms with Gasteiger partial charge in [-0.15, -0.1) is 10.2 Å². The minimum atomic E-state index is -0.350. The summed E-state index contributed by atoms with van der Waals surface area (Å²) in [5.74, 6) is 0.607. The third kappa shape index (κ3) is 3.35. The van der Waals surface area contributed by atoms with Gasteiger partial charge in [0.05, 0.1) is 5.92 Å². The molecule has 1 amide bonds. The molecule has 0 N–H and O–H groups in total. The van der Waals surface area contributed by atoms with Crippen LogP contribution in [0.1, 0.15) is 35.0 Å². The van der Waals surface area contributed by atoms with Crippen LogP contribution < -0.4 is 0 Å². The van der Waals surface area contributed by atoms with Gasteiger partial charge >= 0.3 is 0 Å². The molecule has 0 spiro atoms. The molecule has 2 heterocycles. The third-order valence-electron chi connectivity index (χ3n) is 4.61. The van der Waals surface area contributed by atoms with Crippen molar-refractivity contribution >= 4 is 5.91 Å². The molecule has 0 radical (unpaired) electrons. The summed E-state index contributed by atoms with van der Waals surface area (Å²) < 4.78 is 18.9. The van der Waals surface area contributed by atoms with E-state index in [9.17, 15) is 9.18 Å². The molecule has 1 fully saturated rings. The molecule has 2 aromatic carbocycles. The standard InChI is InChI=1S/C20H18FN3O2/c21-17-10-8-15(9-11-17)20(25)24-12-4-7-16(13-24)19-23-22-18(26-19)14-5-2-1-3-6-14/h1-3,5-6,8-11,16H,4,7,12-13H2/t16-/m0/s1. The number of amides is 1. The SMILES string of the molecule is O=C(c1ccc(F)cc1)N1CCC[C@H](c2nnc(-c3ccccc3)o2)C1. The van der Waals surface area contributed by atoms with E-state index in [1.165, 1.54) is 24.3 Å². The predicted molar refractivity (Wildman–Crippen MR) is 94.0 cm³/mol. The number of likely N-dealkylation sites (tertiary alicyclic amines) is 1. The van der Waals surface area contributed by atoms with Crippen molar-refractivity contribution < 1.29 is 13.6 Å². The molecule has 1 aliphatic heterocycles. The van der Waals surface area contributed by atoms with Crippen LogP contribution in [0.15, 0.2) is 59.0 Å². The van der Waals surface area contributed by atoms with Gasteiger partial charge in [0.2, 0.25) is 11.8 Å². The highest BCUT2D eigenvalue weighted by Crippen LogP contribution is 2.29. The topological polar surface area (TPSA) is 59.2 Å². The van der Waals surface area contributed by atoms with Crippen LogP contribution in [0.3, 0.4) is 0 Å². The van der Waals surface area contributed by atoms with Crippen LogP contribution in [0.4, 0.5) is 4.39 Å². The molecular weight excluding hydrogens is 333 g/mol. The first-order valence-electron chi connectivity index (χ1n) is 8.64. The number of carbonyl (C=O) groups is 1. The molecule has 0 aliphatic carbocycles. The normalized spacial score (nSPS) is 17.3. The van der Waals surface area contributed by atoms with Gasteiger partial charge in [-0.1, -0.05) is 18.2 Å². The number of piperidine rings is 1. The van der Waals surface area contributed by atoms with E-state index < -0.39 is 0 Å². The fourth-order valence-corrected chi connectivity index (χ4v) is 3.24. The summed E-state index contributed by atoms with van der Waals surface area (Å²) in [6, 6.07) is 15.2. The first-order valence-corrected chi connectivity index (χ1v) is 8.64. The first kappa shape index (κ1) is 16.4. The second kappa shape index (κ2) is 7.07. The summed E-state index contributed by atoms with van der Waals surface area (Å²) in [6.07, 6.45) is 1.75. The smallest absolute Gasteiger partial charge is 0.253 e. The molecular formula is C20H18FN3O2. The highest BCUT2D eigenvalue weighted by molar-refractivity contribution is 5.94. The van der Waals surface area contributed by atoms with Crippen molar-refractivity contribution in [1.29, 1.82) is 0 Å². The lowest BCUT2D eigenvalue weighted by Crippen LogP contribution is -2.39. The molecule has 1 aliphatic rings. The number of benzene rings is 2. The van der Waals surface area contributed by atoms with Gasteiger partial charge in [0.15, 0.2) is 0 Å². The van der Waals surface area contributed by atoms with Crippen LogP contribution in [-0.2, 0) is 0 Å². The Kier molecular flexibility index (Phi) is 4.48. The van der Waals surface area contributed by atoms with Crippen molar-refractivity contribution in [2.75, 3.05) is 13.1 Å². The summed E-state index contributed by atoms with van der Waals surface area (Å²) in [5, 5.41) is 8.33. The minimum absolute atomic E-state index is 0.0121. The number of carbonyl (C=O) groups excluding carboxylic acids is 1. The third-order valence-corrected chi connectivity index (χ3v) is 4.61. The quantitative estimate of drug-likeness (QED) is 0.718. The van der Waals surface area contributed by atoms with Crippen LogP contribution in [0.2, 0.25) is 0 Å². The van der Waals surface area contributed by atoms with Crippen molar-refractivity contribution in [2.24, 2.45) is 0 Å². The fourth-order valence-electron chi connectivity index (χ4n) is 3.24. The zero-order chi connectivity index (χ0) is 17.9. The van der Waals surface area contributed by atoms with Gasteiger partial charge in [0, 0.05) is 24.2 Å². The average molecular weight is 351 g/mol. The Morgan fingerprint density at radius 3 is 2.62 bits per heavy atom. The predicted octanol–water partition coefficient (Wildman–Crippen LogP) is 3.90. The van der Waals surface area contributed by atoms with Crippen LogP contribution in [0.25, 0.3) is 11.5 Å². The van der Waals surface area contributed by atoms with Crippen LogP contribution in [-0.4, -0.2) is 34.1 Å². The lowest BCUT2D eigenvalue weighted by molar-refractivity contribution is 0.0698. The van der Waals surface area contributed by atoms with Crippen molar-refractivity contribution in [3.8, 4) is 11.5 Å². The number of aromatic nitrogens is 2. The van der Waals surface area contributed by atoms with E-state index in [1.807, 2.05) is 30.3 Å². The molecule has 0 unspecified atom stereocenters. The van der Waals surface area contributed by atoms with Crippen LogP contribution in [0.5, 0.6) is 0 Å². The minimum Gasteiger partial charge on any atom is -0.420 e. The van der Waals surface area contributed by atoms with Crippen molar-refractivity contribution in [1.82, 2.24) is 15.1 Å². The second-order valence-corrected chi connectivity index (χ2v) is 6.41. The Morgan fingerprint density at radius 2 is 1.85 bits per heavy atom. The zero-order valence-electron chi connectivity index (χ0n) is 14.1. The Morgan fingerprint density at radius 1 is 1.08 bits per heavy atom. The Labute approximate surface area is 150 Å². The van der Waals surface area contributed by atoms with E-state index in [4.69, 9.17) is 4.42 Å². The van der Waals surface area contributed by atoms with Crippen molar-refractivity contribution in [3.63, 3.8) is 0 Å². The number of rotatable bonds is 3. The molecule has 0 saturated carbocycles. The van der Waals surface area contributed by atoms with E-state index in [0.29, 0.717) is 30.4 Å². The maximum atomic E-state index is 13.1. The van der Waals surface area contributed by atoms with E-state index in [0.717, 1.165) is 18.4 Å². The zero-order valence-corrected chi connectivity index (χ0v) is 14.1. The summed E-state index contributed by atoms with van der Waals surface area (Å²) in [6.45, 7) is 1.19. The second-order valence-electron chi connectivity index (χ2n) is 6.41. The molecule has 4 rings (SSSR count). The maximum absolute atomic E-state index is 13.1. The van der Waals surface area contributed by atoms with Crippen molar-refractivity contribution in [2.45, 2.75) is 18.8 Å². The van der Waals surface area contributed by atoms with Gasteiger partial charge in [-0.05, 0) is 49.2 Å². The van der Waals surface area contributed by atoms with Gasteiger partial charge in [-0.25, -0.2) is 4.39 Å². The van der Waals surface area contributed by atoms with Gasteiger partial charge in [-0.3, -0.25) is 4.79 Å². The molecule has 26 heavy (non-hydrogen) atoms. The van der Waals surface area contributed by atoms with E-state index in [1.54, 1.807) is 4.90 Å². The van der Waals surface area contributed by atoms with Crippen LogP contribution in [0, 0.1) is 5.82 Å². The molecule has 3 aromatic rings. The number of nitrogens with zero attached hydrogens (tertiary/aromatic N) is 3. The summed E-state index contributed by atoms with van der Waals surface area (Å²) in [7, 11) is 0. The molecule has 1 saturated heterocycles. The number of halogens is 1. The number of hydrogen-bond donors (Lipinski definition) is 0. The number of hydrogen-bond acceptors (Lipinski definition) is 4. The molecule has 6 heteroatoms. The van der Waals surface area contributed by atoms with Gasteiger partial charge < -0.3 is 9.32 Å². The first-order chi connectivity index (χ1) is 12.7. The van der Waals surface area contributed by atoms with E-state index in [-0.39, 0.29) is 17.6 Å². The lowest BCUT2D eigenvalue weighted by Gasteiger charge is -2.31. The summed E-state index contributed by atoms with van der Waals surface area (Å²) in [5.41, 5.74) is 1.36. The van der Waals surface area contributed by atoms with Gasteiger partial charge in [0.25, 0.3) is 5.91 Å². The Balaban J connectivity index is 1.49. The molecule has 5 nitrogen and oxygen atoms in total. The van der Waals surface area contributed by atoms with Crippen LogP contribution >= 0.6 is 0 Å². The Bertz CT molecular complexity index is 893. The Hall–Kier alpha value is -3.02. The lowest BCUT2D eigenvalue weighted by atomic mass is 9.97.